The second-order valence-electron chi connectivity index (χ2n) is 4.44. The molecule has 0 bridgehead atoms. The number of phenols is 1. The first kappa shape index (κ1) is 13.8. The molecule has 2 N–H and O–H groups in total. The van der Waals surface area contributed by atoms with Crippen molar-refractivity contribution in [3.63, 3.8) is 0 Å². The maximum absolute atomic E-state index is 9.54. The maximum atomic E-state index is 9.54. The Morgan fingerprint density at radius 2 is 2.26 bits per heavy atom. The van der Waals surface area contributed by atoms with Gasteiger partial charge in [0.1, 0.15) is 5.01 Å². The molecule has 0 spiro atoms. The number of aromatic hydroxyl groups is 1. The number of rotatable bonds is 5. The van der Waals surface area contributed by atoms with E-state index in [1.807, 2.05) is 19.1 Å². The Morgan fingerprint density at radius 3 is 2.89 bits per heavy atom. The van der Waals surface area contributed by atoms with Gasteiger partial charge in [0.25, 0.3) is 0 Å². The van der Waals surface area contributed by atoms with Gasteiger partial charge in [0.2, 0.25) is 0 Å². The smallest absolute Gasteiger partial charge is 0.160 e. The molecule has 5 heteroatoms. The standard InChI is InChI=1S/C14H18N2O2S/c1-9-8-19-14(16-9)10(2)15-7-11-4-5-12(17)13(6-11)18-3/h4-6,8,10,15,17H,7H2,1-3H3. The van der Waals surface area contributed by atoms with Gasteiger partial charge in [-0.15, -0.1) is 11.3 Å². The van der Waals surface area contributed by atoms with Crippen molar-refractivity contribution in [1.29, 1.82) is 0 Å². The summed E-state index contributed by atoms with van der Waals surface area (Å²) in [4.78, 5) is 4.46. The zero-order valence-corrected chi connectivity index (χ0v) is 12.1. The largest absolute Gasteiger partial charge is 0.504 e. The van der Waals surface area contributed by atoms with E-state index in [9.17, 15) is 5.11 Å². The third kappa shape index (κ3) is 3.45. The van der Waals surface area contributed by atoms with Crippen molar-refractivity contribution in [2.24, 2.45) is 0 Å². The lowest BCUT2D eigenvalue weighted by Crippen LogP contribution is -2.17. The van der Waals surface area contributed by atoms with E-state index in [2.05, 4.69) is 22.6 Å². The maximum Gasteiger partial charge on any atom is 0.160 e. The Kier molecular flexibility index (Phi) is 4.39. The van der Waals surface area contributed by atoms with Crippen molar-refractivity contribution in [2.75, 3.05) is 7.11 Å². The molecule has 0 saturated carbocycles. The number of aromatic nitrogens is 1. The van der Waals surface area contributed by atoms with Gasteiger partial charge in [-0.25, -0.2) is 4.98 Å². The van der Waals surface area contributed by atoms with E-state index >= 15 is 0 Å². The molecule has 0 aliphatic rings. The van der Waals surface area contributed by atoms with E-state index in [0.717, 1.165) is 16.3 Å². The lowest BCUT2D eigenvalue weighted by molar-refractivity contribution is 0.372. The predicted molar refractivity (Wildman–Crippen MR) is 76.8 cm³/mol. The van der Waals surface area contributed by atoms with Crippen molar-refractivity contribution >= 4 is 11.3 Å². The molecule has 2 aromatic rings. The third-order valence-corrected chi connectivity index (χ3v) is 4.01. The molecule has 1 unspecified atom stereocenters. The zero-order valence-electron chi connectivity index (χ0n) is 11.3. The number of phenolic OH excluding ortho intramolecular Hbond substituents is 1. The van der Waals surface area contributed by atoms with E-state index in [-0.39, 0.29) is 11.8 Å². The summed E-state index contributed by atoms with van der Waals surface area (Å²) in [6.45, 7) is 4.80. The molecule has 0 aliphatic heterocycles. The normalized spacial score (nSPS) is 12.4. The minimum absolute atomic E-state index is 0.162. The Hall–Kier alpha value is -1.59. The van der Waals surface area contributed by atoms with Gasteiger partial charge in [0.15, 0.2) is 11.5 Å². The molecular formula is C14H18N2O2S. The van der Waals surface area contributed by atoms with Crippen LogP contribution in [0.2, 0.25) is 0 Å². The summed E-state index contributed by atoms with van der Waals surface area (Å²) in [5, 5.41) is 16.1. The molecule has 102 valence electrons. The quantitative estimate of drug-likeness (QED) is 0.882. The molecule has 2 rings (SSSR count). The number of hydrogen-bond donors (Lipinski definition) is 2. The third-order valence-electron chi connectivity index (χ3n) is 2.86. The Labute approximate surface area is 117 Å². The summed E-state index contributed by atoms with van der Waals surface area (Å²) in [5.41, 5.74) is 2.12. The Morgan fingerprint density at radius 1 is 1.47 bits per heavy atom. The van der Waals surface area contributed by atoms with E-state index in [0.29, 0.717) is 12.3 Å². The lowest BCUT2D eigenvalue weighted by Gasteiger charge is -2.12. The summed E-state index contributed by atoms with van der Waals surface area (Å²) in [6.07, 6.45) is 0. The predicted octanol–water partition coefficient (Wildman–Crippen LogP) is 3.02. The first-order valence-electron chi connectivity index (χ1n) is 6.11. The molecule has 1 aromatic carbocycles. The van der Waals surface area contributed by atoms with Crippen LogP contribution in [0.1, 0.15) is 29.2 Å². The summed E-state index contributed by atoms with van der Waals surface area (Å²) >= 11 is 1.66. The first-order chi connectivity index (χ1) is 9.10. The van der Waals surface area contributed by atoms with Crippen LogP contribution in [0.25, 0.3) is 0 Å². The fourth-order valence-corrected chi connectivity index (χ4v) is 2.59. The average molecular weight is 278 g/mol. The van der Waals surface area contributed by atoms with Crippen LogP contribution in [0.4, 0.5) is 0 Å². The van der Waals surface area contributed by atoms with Gasteiger partial charge >= 0.3 is 0 Å². The van der Waals surface area contributed by atoms with Crippen LogP contribution in [-0.2, 0) is 6.54 Å². The van der Waals surface area contributed by atoms with Gasteiger partial charge in [-0.2, -0.15) is 0 Å². The number of nitrogens with zero attached hydrogens (tertiary/aromatic N) is 1. The molecule has 4 nitrogen and oxygen atoms in total. The van der Waals surface area contributed by atoms with Crippen LogP contribution in [0.3, 0.4) is 0 Å². The van der Waals surface area contributed by atoms with Crippen molar-refractivity contribution in [3.05, 3.63) is 39.8 Å². The number of ether oxygens (including phenoxy) is 1. The van der Waals surface area contributed by atoms with Crippen LogP contribution >= 0.6 is 11.3 Å². The molecule has 1 heterocycles. The highest BCUT2D eigenvalue weighted by molar-refractivity contribution is 7.09. The highest BCUT2D eigenvalue weighted by Gasteiger charge is 2.09. The van der Waals surface area contributed by atoms with Crippen molar-refractivity contribution in [1.82, 2.24) is 10.3 Å². The minimum atomic E-state index is 0.162. The van der Waals surface area contributed by atoms with Gasteiger partial charge in [-0.05, 0) is 31.5 Å². The molecule has 1 aromatic heterocycles. The van der Waals surface area contributed by atoms with Gasteiger partial charge < -0.3 is 15.2 Å². The topological polar surface area (TPSA) is 54.4 Å². The highest BCUT2D eigenvalue weighted by Crippen LogP contribution is 2.26. The number of methoxy groups -OCH3 is 1. The fraction of sp³-hybridized carbons (Fsp3) is 0.357. The number of aryl methyl sites for hydroxylation is 1. The van der Waals surface area contributed by atoms with Crippen LogP contribution < -0.4 is 10.1 Å². The minimum Gasteiger partial charge on any atom is -0.504 e. The van der Waals surface area contributed by atoms with Crippen LogP contribution in [0.15, 0.2) is 23.6 Å². The van der Waals surface area contributed by atoms with E-state index in [4.69, 9.17) is 4.74 Å². The number of nitrogens with one attached hydrogen (secondary N) is 1. The van der Waals surface area contributed by atoms with Crippen molar-refractivity contribution < 1.29 is 9.84 Å². The van der Waals surface area contributed by atoms with E-state index < -0.39 is 0 Å². The van der Waals surface area contributed by atoms with Gasteiger partial charge in [0, 0.05) is 17.6 Å². The van der Waals surface area contributed by atoms with Crippen LogP contribution in [0.5, 0.6) is 11.5 Å². The number of hydrogen-bond acceptors (Lipinski definition) is 5. The molecule has 0 fully saturated rings. The van der Waals surface area contributed by atoms with Gasteiger partial charge in [0.05, 0.1) is 13.2 Å². The molecule has 0 radical (unpaired) electrons. The zero-order chi connectivity index (χ0) is 13.8. The summed E-state index contributed by atoms with van der Waals surface area (Å²) in [5.74, 6) is 0.659. The lowest BCUT2D eigenvalue weighted by atomic mass is 10.2. The molecule has 19 heavy (non-hydrogen) atoms. The van der Waals surface area contributed by atoms with Crippen LogP contribution in [0, 0.1) is 6.92 Å². The summed E-state index contributed by atoms with van der Waals surface area (Å²) in [6, 6.07) is 5.57. The highest BCUT2D eigenvalue weighted by atomic mass is 32.1. The molecular weight excluding hydrogens is 260 g/mol. The molecule has 1 atom stereocenters. The van der Waals surface area contributed by atoms with Crippen molar-refractivity contribution in [2.45, 2.75) is 26.4 Å². The monoisotopic (exact) mass is 278 g/mol. The summed E-state index contributed by atoms with van der Waals surface area (Å²) < 4.78 is 5.09. The van der Waals surface area contributed by atoms with E-state index in [1.165, 1.54) is 0 Å². The fourth-order valence-electron chi connectivity index (χ4n) is 1.76. The number of thiazole rings is 1. The van der Waals surface area contributed by atoms with Gasteiger partial charge in [-0.3, -0.25) is 0 Å². The van der Waals surface area contributed by atoms with Gasteiger partial charge in [-0.1, -0.05) is 6.07 Å². The molecule has 0 saturated heterocycles. The van der Waals surface area contributed by atoms with Crippen LogP contribution in [-0.4, -0.2) is 17.2 Å². The average Bonchev–Trinajstić information content (AvgIpc) is 2.84. The molecule has 0 amide bonds. The van der Waals surface area contributed by atoms with Crippen molar-refractivity contribution in [3.8, 4) is 11.5 Å². The second-order valence-corrected chi connectivity index (χ2v) is 5.33. The molecule has 0 aliphatic carbocycles. The van der Waals surface area contributed by atoms with E-state index in [1.54, 1.807) is 24.5 Å². The second kappa shape index (κ2) is 6.04. The SMILES string of the molecule is COc1cc(CNC(C)c2nc(C)cs2)ccc1O. The summed E-state index contributed by atoms with van der Waals surface area (Å²) in [7, 11) is 1.55. The Bertz CT molecular complexity index is 554. The Balaban J connectivity index is 1.98. The first-order valence-corrected chi connectivity index (χ1v) is 6.99. The number of benzene rings is 1.